The highest BCUT2D eigenvalue weighted by molar-refractivity contribution is 7.15. The number of nitrogens with zero attached hydrogens (tertiary/aromatic N) is 3. The van der Waals surface area contributed by atoms with Crippen molar-refractivity contribution in [3.05, 3.63) is 55.8 Å². The molecule has 34 heavy (non-hydrogen) atoms. The maximum atomic E-state index is 13.0. The number of hydrogen-bond acceptors (Lipinski definition) is 9. The number of hydrogen-bond donors (Lipinski definition) is 0. The van der Waals surface area contributed by atoms with Gasteiger partial charge in [-0.3, -0.25) is 9.59 Å². The van der Waals surface area contributed by atoms with E-state index in [0.717, 1.165) is 16.7 Å². The van der Waals surface area contributed by atoms with Crippen LogP contribution in [0.15, 0.2) is 29.1 Å². The first kappa shape index (κ1) is 23.2. The summed E-state index contributed by atoms with van der Waals surface area (Å²) in [7, 11) is 4.58. The van der Waals surface area contributed by atoms with Crippen LogP contribution in [0.1, 0.15) is 23.6 Å². The van der Waals surface area contributed by atoms with Crippen LogP contribution in [0.3, 0.4) is 0 Å². The average molecular weight is 482 g/mol. The summed E-state index contributed by atoms with van der Waals surface area (Å²) in [6.45, 7) is 5.07. The van der Waals surface area contributed by atoms with Gasteiger partial charge in [-0.15, -0.1) is 5.10 Å². The number of esters is 1. The zero-order chi connectivity index (χ0) is 24.6. The molecular weight excluding hydrogens is 458 g/mol. The summed E-state index contributed by atoms with van der Waals surface area (Å²) in [5.74, 6) is 1.92. The maximum Gasteiger partial charge on any atom is 0.308 e. The molecule has 0 saturated carbocycles. The fourth-order valence-electron chi connectivity index (χ4n) is 3.69. The molecule has 10 heteroatoms. The smallest absolute Gasteiger partial charge is 0.308 e. The first-order valence-electron chi connectivity index (χ1n) is 10.3. The molecule has 0 aliphatic heterocycles. The van der Waals surface area contributed by atoms with Gasteiger partial charge in [0.1, 0.15) is 5.75 Å². The van der Waals surface area contributed by atoms with Crippen molar-refractivity contribution in [3.63, 3.8) is 0 Å². The highest BCUT2D eigenvalue weighted by Gasteiger charge is 2.18. The Balaban J connectivity index is 1.76. The second-order valence-electron chi connectivity index (χ2n) is 7.54. The lowest BCUT2D eigenvalue weighted by Gasteiger charge is -2.12. The van der Waals surface area contributed by atoms with Crippen molar-refractivity contribution >= 4 is 28.3 Å². The van der Waals surface area contributed by atoms with Crippen molar-refractivity contribution in [2.45, 2.75) is 20.8 Å². The van der Waals surface area contributed by atoms with Crippen molar-refractivity contribution in [2.24, 2.45) is 0 Å². The minimum atomic E-state index is -0.377. The predicted molar refractivity (Wildman–Crippen MR) is 128 cm³/mol. The second kappa shape index (κ2) is 9.14. The molecule has 2 aromatic heterocycles. The molecule has 0 atom stereocenters. The summed E-state index contributed by atoms with van der Waals surface area (Å²) in [6, 6.07) is 7.19. The molecule has 0 bridgehead atoms. The van der Waals surface area contributed by atoms with E-state index in [2.05, 4.69) is 10.1 Å². The van der Waals surface area contributed by atoms with Crippen LogP contribution in [0.5, 0.6) is 23.0 Å². The third-order valence-electron chi connectivity index (χ3n) is 5.13. The van der Waals surface area contributed by atoms with Gasteiger partial charge in [-0.05, 0) is 60.9 Å². The van der Waals surface area contributed by atoms with Gasteiger partial charge in [-0.2, -0.15) is 9.50 Å². The second-order valence-corrected chi connectivity index (χ2v) is 8.55. The van der Waals surface area contributed by atoms with Crippen molar-refractivity contribution < 1.29 is 23.7 Å². The lowest BCUT2D eigenvalue weighted by Crippen LogP contribution is -2.23. The van der Waals surface area contributed by atoms with E-state index in [9.17, 15) is 9.59 Å². The largest absolute Gasteiger partial charge is 0.493 e. The first-order chi connectivity index (χ1) is 16.2. The fraction of sp³-hybridized carbons (Fsp3) is 0.250. The minimum absolute atomic E-state index is 0.273. The van der Waals surface area contributed by atoms with Crippen LogP contribution in [0.25, 0.3) is 22.4 Å². The molecule has 4 aromatic rings. The Morgan fingerprint density at radius 3 is 2.09 bits per heavy atom. The van der Waals surface area contributed by atoms with Crippen LogP contribution in [0.4, 0.5) is 0 Å². The lowest BCUT2D eigenvalue weighted by molar-refractivity contribution is -0.131. The van der Waals surface area contributed by atoms with Crippen molar-refractivity contribution in [1.29, 1.82) is 0 Å². The topological polar surface area (TPSA) is 101 Å². The van der Waals surface area contributed by atoms with E-state index in [1.165, 1.54) is 44.1 Å². The van der Waals surface area contributed by atoms with Gasteiger partial charge in [0.25, 0.3) is 5.56 Å². The van der Waals surface area contributed by atoms with Crippen molar-refractivity contribution in [3.8, 4) is 34.4 Å². The number of aromatic nitrogens is 3. The Kier molecular flexibility index (Phi) is 6.25. The van der Waals surface area contributed by atoms with Crippen LogP contribution in [0, 0.1) is 13.8 Å². The van der Waals surface area contributed by atoms with Gasteiger partial charge in [0.15, 0.2) is 17.3 Å². The molecule has 0 saturated heterocycles. The van der Waals surface area contributed by atoms with Crippen LogP contribution in [-0.4, -0.2) is 41.9 Å². The summed E-state index contributed by atoms with van der Waals surface area (Å²) in [4.78, 5) is 29.3. The Morgan fingerprint density at radius 2 is 1.59 bits per heavy atom. The van der Waals surface area contributed by atoms with Crippen molar-refractivity contribution in [2.75, 3.05) is 21.3 Å². The Hall–Kier alpha value is -3.92. The Bertz CT molecular complexity index is 1470. The molecule has 2 heterocycles. The third kappa shape index (κ3) is 4.19. The van der Waals surface area contributed by atoms with Gasteiger partial charge in [-0.1, -0.05) is 11.3 Å². The summed E-state index contributed by atoms with van der Waals surface area (Å²) in [5, 5.41) is 4.41. The van der Waals surface area contributed by atoms with E-state index in [0.29, 0.717) is 43.9 Å². The number of carbonyl (C=O) groups excluding carboxylic acids is 1. The highest BCUT2D eigenvalue weighted by atomic mass is 32.1. The molecule has 0 radical (unpaired) electrons. The quantitative estimate of drug-likeness (QED) is 0.306. The Labute approximate surface area is 199 Å². The standard InChI is InChI=1S/C24H23N3O6S/c1-12-7-15(8-13(2)20(12)33-14(3)28)9-19-23(29)27-24(34-19)25-22(26-27)16-10-17(30-4)21(32-6)18(11-16)31-5/h7-11H,1-6H3/b19-9-. The zero-order valence-corrected chi connectivity index (χ0v) is 20.4. The summed E-state index contributed by atoms with van der Waals surface area (Å²) >= 11 is 1.24. The summed E-state index contributed by atoms with van der Waals surface area (Å²) < 4.78 is 23.2. The summed E-state index contributed by atoms with van der Waals surface area (Å²) in [5.41, 5.74) is 2.78. The molecule has 9 nitrogen and oxygen atoms in total. The van der Waals surface area contributed by atoms with E-state index < -0.39 is 0 Å². The Morgan fingerprint density at radius 1 is 0.971 bits per heavy atom. The number of methoxy groups -OCH3 is 3. The molecule has 0 unspecified atom stereocenters. The third-order valence-corrected chi connectivity index (χ3v) is 6.09. The van der Waals surface area contributed by atoms with Crippen LogP contribution < -0.4 is 29.0 Å². The molecule has 2 aromatic carbocycles. The monoisotopic (exact) mass is 481 g/mol. The average Bonchev–Trinajstić information content (AvgIpc) is 3.34. The molecule has 176 valence electrons. The lowest BCUT2D eigenvalue weighted by atomic mass is 10.1. The normalized spacial score (nSPS) is 11.6. The van der Waals surface area contributed by atoms with Gasteiger partial charge in [0, 0.05) is 12.5 Å². The molecule has 0 fully saturated rings. The molecular formula is C24H23N3O6S. The van der Waals surface area contributed by atoms with Crippen LogP contribution in [0.2, 0.25) is 0 Å². The minimum Gasteiger partial charge on any atom is -0.493 e. The number of thiazole rings is 1. The van der Waals surface area contributed by atoms with Crippen molar-refractivity contribution in [1.82, 2.24) is 14.6 Å². The molecule has 0 amide bonds. The van der Waals surface area contributed by atoms with Gasteiger partial charge >= 0.3 is 5.97 Å². The number of carbonyl (C=O) groups is 1. The summed E-state index contributed by atoms with van der Waals surface area (Å²) in [6.07, 6.45) is 1.78. The molecule has 0 aliphatic rings. The molecule has 0 spiro atoms. The predicted octanol–water partition coefficient (Wildman–Crippen LogP) is 2.93. The first-order valence-corrected chi connectivity index (χ1v) is 11.1. The highest BCUT2D eigenvalue weighted by Crippen LogP contribution is 2.40. The number of aryl methyl sites for hydroxylation is 2. The SMILES string of the molecule is COc1cc(-c2nc3s/c(=C\c4cc(C)c(OC(C)=O)c(C)c4)c(=O)n3n2)cc(OC)c1OC. The molecule has 0 aliphatic carbocycles. The van der Waals surface area contributed by atoms with E-state index >= 15 is 0 Å². The van der Waals surface area contributed by atoms with Crippen LogP contribution in [-0.2, 0) is 4.79 Å². The number of rotatable bonds is 6. The van der Waals surface area contributed by atoms with E-state index in [1.54, 1.807) is 18.2 Å². The molecule has 4 rings (SSSR count). The number of fused-ring (bicyclic) bond motifs is 1. The van der Waals surface area contributed by atoms with E-state index in [1.807, 2.05) is 26.0 Å². The van der Waals surface area contributed by atoms with Gasteiger partial charge in [-0.25, -0.2) is 0 Å². The van der Waals surface area contributed by atoms with Crippen LogP contribution >= 0.6 is 11.3 Å². The molecule has 0 N–H and O–H groups in total. The van der Waals surface area contributed by atoms with E-state index in [-0.39, 0.29) is 11.5 Å². The van der Waals surface area contributed by atoms with Gasteiger partial charge < -0.3 is 18.9 Å². The van der Waals surface area contributed by atoms with Gasteiger partial charge in [0.2, 0.25) is 10.7 Å². The zero-order valence-electron chi connectivity index (χ0n) is 19.6. The number of benzene rings is 2. The van der Waals surface area contributed by atoms with E-state index in [4.69, 9.17) is 18.9 Å². The number of ether oxygens (including phenoxy) is 4. The fourth-order valence-corrected chi connectivity index (χ4v) is 4.60. The maximum absolute atomic E-state index is 13.0. The van der Waals surface area contributed by atoms with Gasteiger partial charge in [0.05, 0.1) is 25.9 Å².